The van der Waals surface area contributed by atoms with Gasteiger partial charge in [-0.15, -0.1) is 0 Å². The average Bonchev–Trinajstić information content (AvgIpc) is 1.99. The number of aliphatic hydroxyl groups is 1. The summed E-state index contributed by atoms with van der Waals surface area (Å²) in [6.45, 7) is 5.15. The van der Waals surface area contributed by atoms with E-state index in [0.29, 0.717) is 6.42 Å². The molecule has 0 bridgehead atoms. The fraction of sp³-hybridized carbons (Fsp3) is 0.667. The van der Waals surface area contributed by atoms with Crippen LogP contribution in [0.2, 0.25) is 0 Å². The highest BCUT2D eigenvalue weighted by Crippen LogP contribution is 2.20. The Morgan fingerprint density at radius 3 is 2.08 bits per heavy atom. The molecule has 0 aromatic heterocycles. The van der Waals surface area contributed by atoms with Gasteiger partial charge in [0.25, 0.3) is 5.72 Å². The zero-order valence-corrected chi connectivity index (χ0v) is 8.29. The molecule has 0 rings (SSSR count). The van der Waals surface area contributed by atoms with E-state index in [9.17, 15) is 9.90 Å². The molecule has 0 saturated heterocycles. The summed E-state index contributed by atoms with van der Waals surface area (Å²) in [4.78, 5) is 11.3. The van der Waals surface area contributed by atoms with E-state index in [-0.39, 0.29) is 10.3 Å². The van der Waals surface area contributed by atoms with Crippen molar-refractivity contribution in [1.29, 1.82) is 0 Å². The van der Waals surface area contributed by atoms with Crippen molar-refractivity contribution in [2.24, 2.45) is 0 Å². The quantitative estimate of drug-likeness (QED) is 0.382. The summed E-state index contributed by atoms with van der Waals surface area (Å²) < 4.78 is 0.203. The van der Waals surface area contributed by atoms with E-state index in [1.165, 1.54) is 6.08 Å². The fourth-order valence-electron chi connectivity index (χ4n) is 1.14. The Bertz CT molecular complexity index is 193. The first-order valence-corrected chi connectivity index (χ1v) is 4.00. The van der Waals surface area contributed by atoms with Gasteiger partial charge in [-0.25, -0.2) is 0 Å². The molecular formula is C9H18NO2+. The Hall–Kier alpha value is -0.670. The summed E-state index contributed by atoms with van der Waals surface area (Å²) in [5.74, 6) is -0.322. The molecule has 0 aliphatic rings. The number of hydrogen-bond donors (Lipinski definition) is 1. The summed E-state index contributed by atoms with van der Waals surface area (Å²) in [7, 11) is 5.35. The van der Waals surface area contributed by atoms with E-state index in [1.807, 2.05) is 0 Å². The molecule has 0 aliphatic carbocycles. The van der Waals surface area contributed by atoms with Crippen molar-refractivity contribution in [3.05, 3.63) is 12.7 Å². The lowest BCUT2D eigenvalue weighted by molar-refractivity contribution is -0.937. The number of ketones is 1. The van der Waals surface area contributed by atoms with E-state index in [2.05, 4.69) is 6.58 Å². The highest BCUT2D eigenvalue weighted by Gasteiger charge is 2.45. The second kappa shape index (κ2) is 3.37. The maximum Gasteiger partial charge on any atom is 0.264 e. The second-order valence-electron chi connectivity index (χ2n) is 3.75. The van der Waals surface area contributed by atoms with Crippen molar-refractivity contribution in [2.75, 3.05) is 21.1 Å². The van der Waals surface area contributed by atoms with Crippen LogP contribution >= 0.6 is 0 Å². The van der Waals surface area contributed by atoms with Crippen LogP contribution in [-0.2, 0) is 4.79 Å². The SMILES string of the molecule is C=CC(=O)C(O)(CC)[N+](C)(C)C. The normalized spacial score (nSPS) is 16.8. The number of quaternary nitrogens is 1. The van der Waals surface area contributed by atoms with Crippen LogP contribution in [0.5, 0.6) is 0 Å². The van der Waals surface area contributed by atoms with Gasteiger partial charge in [-0.1, -0.05) is 13.5 Å². The van der Waals surface area contributed by atoms with Gasteiger partial charge in [0.2, 0.25) is 5.78 Å². The Labute approximate surface area is 73.9 Å². The van der Waals surface area contributed by atoms with Gasteiger partial charge in [-0.05, 0) is 6.08 Å². The van der Waals surface area contributed by atoms with E-state index < -0.39 is 5.72 Å². The third-order valence-electron chi connectivity index (χ3n) is 2.18. The van der Waals surface area contributed by atoms with Gasteiger partial charge in [-0.3, -0.25) is 9.28 Å². The Balaban J connectivity index is 4.93. The standard InChI is InChI=1S/C9H18NO2/c1-6-8(11)9(12,7-2)10(3,4)5/h6,12H,1,7H2,2-5H3/q+1. The van der Waals surface area contributed by atoms with E-state index in [4.69, 9.17) is 0 Å². The molecule has 0 fully saturated rings. The third kappa shape index (κ3) is 1.73. The molecule has 3 nitrogen and oxygen atoms in total. The minimum Gasteiger partial charge on any atom is -0.336 e. The van der Waals surface area contributed by atoms with Gasteiger partial charge in [0.05, 0.1) is 21.1 Å². The number of hydrogen-bond acceptors (Lipinski definition) is 2. The van der Waals surface area contributed by atoms with Crippen LogP contribution in [0.15, 0.2) is 12.7 Å². The summed E-state index contributed by atoms with van der Waals surface area (Å²) in [5, 5.41) is 9.98. The zero-order chi connectivity index (χ0) is 9.99. The monoisotopic (exact) mass is 172 g/mol. The van der Waals surface area contributed by atoms with Crippen molar-refractivity contribution in [2.45, 2.75) is 19.1 Å². The van der Waals surface area contributed by atoms with Crippen LogP contribution in [0.1, 0.15) is 13.3 Å². The average molecular weight is 172 g/mol. The predicted octanol–water partition coefficient (Wildman–Crippen LogP) is 0.546. The van der Waals surface area contributed by atoms with E-state index in [1.54, 1.807) is 28.1 Å². The molecule has 0 saturated carbocycles. The summed E-state index contributed by atoms with van der Waals surface area (Å²) >= 11 is 0. The highest BCUT2D eigenvalue weighted by molar-refractivity contribution is 5.94. The molecular weight excluding hydrogens is 154 g/mol. The van der Waals surface area contributed by atoms with Gasteiger partial charge in [0.1, 0.15) is 0 Å². The third-order valence-corrected chi connectivity index (χ3v) is 2.18. The number of nitrogens with zero attached hydrogens (tertiary/aromatic N) is 1. The van der Waals surface area contributed by atoms with Crippen molar-refractivity contribution in [1.82, 2.24) is 0 Å². The number of carbonyl (C=O) groups is 1. The van der Waals surface area contributed by atoms with Crippen LogP contribution in [0, 0.1) is 0 Å². The number of carbonyl (C=O) groups excluding carboxylic acids is 1. The summed E-state index contributed by atoms with van der Waals surface area (Å²) in [6, 6.07) is 0. The molecule has 1 unspecified atom stereocenters. The topological polar surface area (TPSA) is 37.3 Å². The number of rotatable bonds is 4. The van der Waals surface area contributed by atoms with E-state index in [0.717, 1.165) is 0 Å². The van der Waals surface area contributed by atoms with Gasteiger partial charge in [0.15, 0.2) is 0 Å². The molecule has 0 heterocycles. The first-order valence-electron chi connectivity index (χ1n) is 4.00. The Morgan fingerprint density at radius 1 is 1.58 bits per heavy atom. The summed E-state index contributed by atoms with van der Waals surface area (Å²) in [6.07, 6.45) is 1.56. The van der Waals surface area contributed by atoms with Gasteiger partial charge >= 0.3 is 0 Å². The maximum atomic E-state index is 11.3. The van der Waals surface area contributed by atoms with Gasteiger partial charge in [0, 0.05) is 6.42 Å². The lowest BCUT2D eigenvalue weighted by Crippen LogP contribution is -2.61. The van der Waals surface area contributed by atoms with Crippen LogP contribution in [0.3, 0.4) is 0 Å². The lowest BCUT2D eigenvalue weighted by Gasteiger charge is -2.39. The van der Waals surface area contributed by atoms with Crippen molar-refractivity contribution >= 4 is 5.78 Å². The molecule has 0 spiro atoms. The molecule has 12 heavy (non-hydrogen) atoms. The Kier molecular flexibility index (Phi) is 3.18. The zero-order valence-electron chi connectivity index (χ0n) is 8.29. The summed E-state index contributed by atoms with van der Waals surface area (Å²) in [5.41, 5.74) is -1.33. The minimum absolute atomic E-state index is 0.203. The molecule has 3 heteroatoms. The molecule has 70 valence electrons. The molecule has 0 amide bonds. The second-order valence-corrected chi connectivity index (χ2v) is 3.75. The van der Waals surface area contributed by atoms with Gasteiger partial charge < -0.3 is 5.11 Å². The van der Waals surface area contributed by atoms with Crippen LogP contribution in [0.25, 0.3) is 0 Å². The smallest absolute Gasteiger partial charge is 0.264 e. The molecule has 0 aliphatic heterocycles. The molecule has 1 atom stereocenters. The Morgan fingerprint density at radius 2 is 2.00 bits per heavy atom. The molecule has 0 aromatic carbocycles. The molecule has 0 radical (unpaired) electrons. The molecule has 0 aromatic rings. The van der Waals surface area contributed by atoms with Crippen LogP contribution in [-0.4, -0.2) is 42.2 Å². The van der Waals surface area contributed by atoms with Gasteiger partial charge in [-0.2, -0.15) is 0 Å². The fourth-order valence-corrected chi connectivity index (χ4v) is 1.14. The number of likely N-dealkylation sites (N-methyl/N-ethyl adjacent to an activating group) is 1. The highest BCUT2D eigenvalue weighted by atomic mass is 16.3. The van der Waals surface area contributed by atoms with Crippen molar-refractivity contribution in [3.63, 3.8) is 0 Å². The molecule has 1 N–H and O–H groups in total. The van der Waals surface area contributed by atoms with E-state index >= 15 is 0 Å². The lowest BCUT2D eigenvalue weighted by atomic mass is 10.0. The van der Waals surface area contributed by atoms with Crippen LogP contribution < -0.4 is 0 Å². The largest absolute Gasteiger partial charge is 0.336 e. The van der Waals surface area contributed by atoms with Crippen molar-refractivity contribution in [3.8, 4) is 0 Å². The minimum atomic E-state index is -1.33. The maximum absolute atomic E-state index is 11.3. The first kappa shape index (κ1) is 11.3. The predicted molar refractivity (Wildman–Crippen MR) is 48.5 cm³/mol. The van der Waals surface area contributed by atoms with Crippen molar-refractivity contribution < 1.29 is 14.4 Å². The first-order chi connectivity index (χ1) is 5.29. The van der Waals surface area contributed by atoms with Crippen LogP contribution in [0.4, 0.5) is 0 Å².